The Morgan fingerprint density at radius 2 is 2.12 bits per heavy atom. The fourth-order valence-corrected chi connectivity index (χ4v) is 2.53. The van der Waals surface area contributed by atoms with Crippen molar-refractivity contribution >= 4 is 11.6 Å². The van der Waals surface area contributed by atoms with Crippen molar-refractivity contribution in [1.29, 1.82) is 0 Å². The Kier molecular flexibility index (Phi) is 3.13. The first-order valence-corrected chi connectivity index (χ1v) is 6.11. The van der Waals surface area contributed by atoms with Gasteiger partial charge in [-0.2, -0.15) is 0 Å². The van der Waals surface area contributed by atoms with Gasteiger partial charge in [-0.25, -0.2) is 0 Å². The molecule has 0 aromatic heterocycles. The summed E-state index contributed by atoms with van der Waals surface area (Å²) in [6.07, 6.45) is 3.28. The summed E-state index contributed by atoms with van der Waals surface area (Å²) in [5.74, 6) is 0.806. The molecule has 1 aliphatic carbocycles. The third-order valence-corrected chi connectivity index (χ3v) is 3.84. The van der Waals surface area contributed by atoms with Crippen LogP contribution in [0.4, 0.5) is 0 Å². The summed E-state index contributed by atoms with van der Waals surface area (Å²) < 4.78 is 5.33. The molecule has 0 unspecified atom stereocenters. The third-order valence-electron chi connectivity index (χ3n) is 3.56. The zero-order valence-corrected chi connectivity index (χ0v) is 10.6. The molecule has 88 valence electrons. The zero-order valence-electron chi connectivity index (χ0n) is 9.85. The molecule has 0 aliphatic heterocycles. The van der Waals surface area contributed by atoms with Gasteiger partial charge < -0.3 is 10.5 Å². The van der Waals surface area contributed by atoms with Crippen LogP contribution in [0.3, 0.4) is 0 Å². The van der Waals surface area contributed by atoms with E-state index >= 15 is 0 Å². The van der Waals surface area contributed by atoms with Crippen molar-refractivity contribution in [2.45, 2.75) is 31.6 Å². The summed E-state index contributed by atoms with van der Waals surface area (Å²) in [5, 5.41) is 0.705. The third kappa shape index (κ3) is 1.80. The predicted octanol–water partition coefficient (Wildman–Crippen LogP) is 2.90. The highest BCUT2D eigenvalue weighted by molar-refractivity contribution is 6.32. The average molecular weight is 240 g/mol. The van der Waals surface area contributed by atoms with Crippen LogP contribution in [-0.2, 0) is 11.8 Å². The van der Waals surface area contributed by atoms with Crippen LogP contribution in [0.1, 0.15) is 30.9 Å². The van der Waals surface area contributed by atoms with Crippen molar-refractivity contribution in [3.05, 3.63) is 28.3 Å². The monoisotopic (exact) mass is 239 g/mol. The second kappa shape index (κ2) is 4.27. The molecular weight excluding hydrogens is 222 g/mol. The van der Waals surface area contributed by atoms with Gasteiger partial charge in [-0.1, -0.05) is 24.6 Å². The molecule has 2 N–H and O–H groups in total. The number of rotatable bonds is 4. The molecule has 1 fully saturated rings. The summed E-state index contributed by atoms with van der Waals surface area (Å²) in [6.45, 7) is 2.82. The van der Waals surface area contributed by atoms with Crippen molar-refractivity contribution < 1.29 is 4.74 Å². The maximum Gasteiger partial charge on any atom is 0.140 e. The van der Waals surface area contributed by atoms with Crippen molar-refractivity contribution in [2.24, 2.45) is 5.73 Å². The predicted molar refractivity (Wildman–Crippen MR) is 67.3 cm³/mol. The zero-order chi connectivity index (χ0) is 11.8. The van der Waals surface area contributed by atoms with Gasteiger partial charge in [0, 0.05) is 12.0 Å². The lowest BCUT2D eigenvalue weighted by molar-refractivity contribution is 0.410. The van der Waals surface area contributed by atoms with Gasteiger partial charge in [0.2, 0.25) is 0 Å². The molecule has 1 aromatic carbocycles. The molecule has 3 heteroatoms. The second-order valence-electron chi connectivity index (χ2n) is 4.49. The fourth-order valence-electron chi connectivity index (χ4n) is 2.21. The minimum absolute atomic E-state index is 0.194. The molecule has 1 aliphatic rings. The van der Waals surface area contributed by atoms with E-state index in [1.54, 1.807) is 7.11 Å². The number of hydrogen-bond donors (Lipinski definition) is 1. The molecule has 0 heterocycles. The molecule has 0 spiro atoms. The van der Waals surface area contributed by atoms with Crippen molar-refractivity contribution in [2.75, 3.05) is 13.7 Å². The Bertz CT molecular complexity index is 399. The van der Waals surface area contributed by atoms with Crippen LogP contribution in [0.25, 0.3) is 0 Å². The van der Waals surface area contributed by atoms with E-state index in [4.69, 9.17) is 22.1 Å². The van der Waals surface area contributed by atoms with Crippen molar-refractivity contribution in [3.8, 4) is 5.75 Å². The molecule has 2 nitrogen and oxygen atoms in total. The van der Waals surface area contributed by atoms with Crippen molar-refractivity contribution in [1.82, 2.24) is 0 Å². The first-order valence-electron chi connectivity index (χ1n) is 5.74. The molecule has 0 amide bonds. The van der Waals surface area contributed by atoms with Gasteiger partial charge in [-0.3, -0.25) is 0 Å². The lowest BCUT2D eigenvalue weighted by Gasteiger charge is -2.17. The molecule has 0 saturated heterocycles. The van der Waals surface area contributed by atoms with Gasteiger partial charge in [0.15, 0.2) is 0 Å². The standard InChI is InChI=1S/C13H18ClNO/c1-3-9-6-10(13(8-15)4-5-13)7-11(14)12(9)16-2/h6-7H,3-5,8,15H2,1-2H3. The smallest absolute Gasteiger partial charge is 0.140 e. The van der Waals surface area contributed by atoms with E-state index in [0.29, 0.717) is 11.6 Å². The maximum absolute atomic E-state index is 6.24. The Hall–Kier alpha value is -0.730. The van der Waals surface area contributed by atoms with E-state index in [-0.39, 0.29) is 5.41 Å². The quantitative estimate of drug-likeness (QED) is 0.877. The number of methoxy groups -OCH3 is 1. The van der Waals surface area contributed by atoms with Gasteiger partial charge >= 0.3 is 0 Å². The highest BCUT2D eigenvalue weighted by Gasteiger charge is 2.43. The van der Waals surface area contributed by atoms with Gasteiger partial charge in [0.1, 0.15) is 5.75 Å². The second-order valence-corrected chi connectivity index (χ2v) is 4.90. The molecule has 2 rings (SSSR count). The van der Waals surface area contributed by atoms with Crippen LogP contribution < -0.4 is 10.5 Å². The normalized spacial score (nSPS) is 17.2. The number of hydrogen-bond acceptors (Lipinski definition) is 2. The van der Waals surface area contributed by atoms with Crippen LogP contribution in [0.5, 0.6) is 5.75 Å². The minimum atomic E-state index is 0.194. The molecule has 0 radical (unpaired) electrons. The summed E-state index contributed by atoms with van der Waals surface area (Å²) in [6, 6.07) is 4.21. The largest absolute Gasteiger partial charge is 0.495 e. The van der Waals surface area contributed by atoms with E-state index < -0.39 is 0 Å². The summed E-state index contributed by atoms with van der Waals surface area (Å²) in [7, 11) is 1.66. The number of aryl methyl sites for hydroxylation is 1. The molecule has 1 saturated carbocycles. The van der Waals surface area contributed by atoms with Crippen LogP contribution in [-0.4, -0.2) is 13.7 Å². The van der Waals surface area contributed by atoms with E-state index in [9.17, 15) is 0 Å². The Morgan fingerprint density at radius 1 is 1.44 bits per heavy atom. The SMILES string of the molecule is CCc1cc(C2(CN)CC2)cc(Cl)c1OC. The topological polar surface area (TPSA) is 35.2 Å². The van der Waals surface area contributed by atoms with Gasteiger partial charge in [0.25, 0.3) is 0 Å². The van der Waals surface area contributed by atoms with Crippen LogP contribution in [0.15, 0.2) is 12.1 Å². The molecule has 1 aromatic rings. The van der Waals surface area contributed by atoms with Gasteiger partial charge in [-0.05, 0) is 36.5 Å². The minimum Gasteiger partial charge on any atom is -0.495 e. The Balaban J connectivity index is 2.46. The van der Waals surface area contributed by atoms with E-state index in [2.05, 4.69) is 13.0 Å². The lowest BCUT2D eigenvalue weighted by Crippen LogP contribution is -2.20. The molecule has 0 bridgehead atoms. The van der Waals surface area contributed by atoms with E-state index in [0.717, 1.165) is 12.2 Å². The summed E-state index contributed by atoms with van der Waals surface area (Å²) >= 11 is 6.24. The van der Waals surface area contributed by atoms with Crippen molar-refractivity contribution in [3.63, 3.8) is 0 Å². The van der Waals surface area contributed by atoms with Crippen LogP contribution in [0.2, 0.25) is 5.02 Å². The summed E-state index contributed by atoms with van der Waals surface area (Å²) in [4.78, 5) is 0. The number of nitrogens with two attached hydrogens (primary N) is 1. The first kappa shape index (κ1) is 11.7. The Labute approximate surface area is 102 Å². The number of benzene rings is 1. The van der Waals surface area contributed by atoms with Gasteiger partial charge in [0.05, 0.1) is 12.1 Å². The summed E-state index contributed by atoms with van der Waals surface area (Å²) in [5.41, 5.74) is 8.48. The highest BCUT2D eigenvalue weighted by atomic mass is 35.5. The molecule has 0 atom stereocenters. The van der Waals surface area contributed by atoms with Gasteiger partial charge in [-0.15, -0.1) is 0 Å². The fraction of sp³-hybridized carbons (Fsp3) is 0.538. The number of halogens is 1. The van der Waals surface area contributed by atoms with E-state index in [1.165, 1.54) is 24.0 Å². The average Bonchev–Trinajstić information content (AvgIpc) is 3.08. The number of ether oxygens (including phenoxy) is 1. The Morgan fingerprint density at radius 3 is 2.56 bits per heavy atom. The highest BCUT2D eigenvalue weighted by Crippen LogP contribution is 2.49. The first-order chi connectivity index (χ1) is 7.66. The molecule has 16 heavy (non-hydrogen) atoms. The maximum atomic E-state index is 6.24. The lowest BCUT2D eigenvalue weighted by atomic mass is 9.93. The van der Waals surface area contributed by atoms with Crippen LogP contribution >= 0.6 is 11.6 Å². The van der Waals surface area contributed by atoms with E-state index in [1.807, 2.05) is 6.07 Å². The molecular formula is C13H18ClNO. The van der Waals surface area contributed by atoms with Crippen LogP contribution in [0, 0.1) is 0 Å².